The Morgan fingerprint density at radius 2 is 2.20 bits per heavy atom. The van der Waals surface area contributed by atoms with Crippen LogP contribution in [0.1, 0.15) is 6.42 Å². The highest BCUT2D eigenvalue weighted by Crippen LogP contribution is 2.18. The lowest BCUT2D eigenvalue weighted by molar-refractivity contribution is 0.481. The van der Waals surface area contributed by atoms with E-state index in [9.17, 15) is 0 Å². The van der Waals surface area contributed by atoms with Crippen LogP contribution in [-0.4, -0.2) is 25.7 Å². The van der Waals surface area contributed by atoms with E-state index < -0.39 is 0 Å². The average Bonchev–Trinajstić information content (AvgIpc) is 2.31. The fourth-order valence-corrected chi connectivity index (χ4v) is 2.01. The van der Waals surface area contributed by atoms with E-state index in [1.165, 1.54) is 5.69 Å². The number of nitrogens with zero attached hydrogens (tertiary/aromatic N) is 2. The van der Waals surface area contributed by atoms with Gasteiger partial charge in [0, 0.05) is 25.3 Å². The zero-order chi connectivity index (χ0) is 10.5. The molecule has 1 atom stereocenters. The van der Waals surface area contributed by atoms with Gasteiger partial charge in [-0.2, -0.15) is 5.26 Å². The molecule has 2 rings (SSSR count). The van der Waals surface area contributed by atoms with Crippen molar-refractivity contribution in [1.82, 2.24) is 5.32 Å². The van der Waals surface area contributed by atoms with Gasteiger partial charge in [0.05, 0.1) is 18.5 Å². The first kappa shape index (κ1) is 10.0. The van der Waals surface area contributed by atoms with Crippen molar-refractivity contribution in [3.8, 4) is 6.07 Å². The Labute approximate surface area is 90.3 Å². The van der Waals surface area contributed by atoms with Crippen LogP contribution in [0, 0.1) is 11.3 Å². The van der Waals surface area contributed by atoms with E-state index in [2.05, 4.69) is 28.4 Å². The van der Waals surface area contributed by atoms with Crippen LogP contribution in [-0.2, 0) is 0 Å². The maximum atomic E-state index is 8.78. The molecule has 1 heterocycles. The lowest BCUT2D eigenvalue weighted by Crippen LogP contribution is -2.51. The Bertz CT molecular complexity index is 342. The van der Waals surface area contributed by atoms with Gasteiger partial charge < -0.3 is 10.2 Å². The van der Waals surface area contributed by atoms with Gasteiger partial charge in [-0.3, -0.25) is 0 Å². The number of nitriles is 1. The summed E-state index contributed by atoms with van der Waals surface area (Å²) in [6.45, 7) is 2.88. The van der Waals surface area contributed by atoms with E-state index in [0.717, 1.165) is 19.6 Å². The second-order valence-electron chi connectivity index (χ2n) is 3.75. The minimum Gasteiger partial charge on any atom is -0.365 e. The van der Waals surface area contributed by atoms with Crippen molar-refractivity contribution < 1.29 is 0 Å². The molecule has 0 aromatic heterocycles. The van der Waals surface area contributed by atoms with Crippen LogP contribution in [0.5, 0.6) is 0 Å². The van der Waals surface area contributed by atoms with E-state index in [-0.39, 0.29) is 0 Å². The highest BCUT2D eigenvalue weighted by molar-refractivity contribution is 5.47. The normalized spacial score (nSPS) is 21.0. The molecule has 1 N–H and O–H groups in total. The fourth-order valence-electron chi connectivity index (χ4n) is 2.01. The number of hydrogen-bond donors (Lipinski definition) is 1. The van der Waals surface area contributed by atoms with Gasteiger partial charge in [0.15, 0.2) is 0 Å². The summed E-state index contributed by atoms with van der Waals surface area (Å²) in [4.78, 5) is 2.32. The molecule has 0 bridgehead atoms. The topological polar surface area (TPSA) is 39.1 Å². The molecular weight excluding hydrogens is 186 g/mol. The van der Waals surface area contributed by atoms with Crippen LogP contribution in [0.25, 0.3) is 0 Å². The molecule has 3 nitrogen and oxygen atoms in total. The molecule has 3 heteroatoms. The second kappa shape index (κ2) is 4.81. The summed E-state index contributed by atoms with van der Waals surface area (Å²) in [5.74, 6) is 0. The molecular formula is C12H15N3. The fraction of sp³-hybridized carbons (Fsp3) is 0.417. The number of rotatable bonds is 2. The molecule has 1 saturated heterocycles. The first-order chi connectivity index (χ1) is 7.42. The van der Waals surface area contributed by atoms with Gasteiger partial charge in [-0.1, -0.05) is 18.2 Å². The molecule has 1 aromatic rings. The summed E-state index contributed by atoms with van der Waals surface area (Å²) in [7, 11) is 0. The first-order valence-corrected chi connectivity index (χ1v) is 5.31. The van der Waals surface area contributed by atoms with E-state index in [1.807, 2.05) is 18.2 Å². The predicted octanol–water partition coefficient (Wildman–Crippen LogP) is 1.38. The third-order valence-electron chi connectivity index (χ3n) is 2.76. The Morgan fingerprint density at radius 3 is 2.93 bits per heavy atom. The smallest absolute Gasteiger partial charge is 0.0643 e. The molecule has 0 aliphatic carbocycles. The van der Waals surface area contributed by atoms with E-state index in [4.69, 9.17) is 5.26 Å². The summed E-state index contributed by atoms with van der Waals surface area (Å²) >= 11 is 0. The summed E-state index contributed by atoms with van der Waals surface area (Å²) in [5, 5.41) is 12.1. The zero-order valence-corrected chi connectivity index (χ0v) is 8.69. The minimum absolute atomic E-state index is 0.311. The lowest BCUT2D eigenvalue weighted by Gasteiger charge is -2.36. The van der Waals surface area contributed by atoms with Crippen molar-refractivity contribution in [2.45, 2.75) is 12.5 Å². The number of hydrogen-bond acceptors (Lipinski definition) is 3. The standard InChI is InChI=1S/C12H15N3/c13-7-6-12-10-14-8-9-15(12)11-4-2-1-3-5-11/h1-5,12,14H,6,8-10H2. The molecule has 1 aliphatic heterocycles. The summed E-state index contributed by atoms with van der Waals surface area (Å²) < 4.78 is 0. The van der Waals surface area contributed by atoms with Gasteiger partial charge in [0.2, 0.25) is 0 Å². The average molecular weight is 201 g/mol. The van der Waals surface area contributed by atoms with Gasteiger partial charge in [0.1, 0.15) is 0 Å². The van der Waals surface area contributed by atoms with Gasteiger partial charge in [-0.05, 0) is 12.1 Å². The van der Waals surface area contributed by atoms with Crippen molar-refractivity contribution in [3.63, 3.8) is 0 Å². The summed E-state index contributed by atoms with van der Waals surface area (Å²) in [6, 6.07) is 12.9. The largest absolute Gasteiger partial charge is 0.365 e. The molecule has 0 radical (unpaired) electrons. The quantitative estimate of drug-likeness (QED) is 0.785. The van der Waals surface area contributed by atoms with Crippen molar-refractivity contribution in [1.29, 1.82) is 5.26 Å². The van der Waals surface area contributed by atoms with E-state index in [0.29, 0.717) is 12.5 Å². The number of anilines is 1. The van der Waals surface area contributed by atoms with Crippen molar-refractivity contribution in [2.75, 3.05) is 24.5 Å². The van der Waals surface area contributed by atoms with Crippen molar-refractivity contribution in [3.05, 3.63) is 30.3 Å². The van der Waals surface area contributed by atoms with Gasteiger partial charge >= 0.3 is 0 Å². The van der Waals surface area contributed by atoms with Crippen LogP contribution >= 0.6 is 0 Å². The van der Waals surface area contributed by atoms with Crippen LogP contribution in [0.2, 0.25) is 0 Å². The Kier molecular flexibility index (Phi) is 3.21. The maximum absolute atomic E-state index is 8.78. The third kappa shape index (κ3) is 2.28. The highest BCUT2D eigenvalue weighted by atomic mass is 15.2. The lowest BCUT2D eigenvalue weighted by atomic mass is 10.1. The van der Waals surface area contributed by atoms with E-state index >= 15 is 0 Å². The second-order valence-corrected chi connectivity index (χ2v) is 3.75. The summed E-state index contributed by atoms with van der Waals surface area (Å²) in [5.41, 5.74) is 1.22. The predicted molar refractivity (Wildman–Crippen MR) is 60.7 cm³/mol. The SMILES string of the molecule is N#CCC1CNCCN1c1ccccc1. The van der Waals surface area contributed by atoms with E-state index in [1.54, 1.807) is 0 Å². The number of benzene rings is 1. The van der Waals surface area contributed by atoms with Gasteiger partial charge in [-0.25, -0.2) is 0 Å². The molecule has 15 heavy (non-hydrogen) atoms. The molecule has 1 unspecified atom stereocenters. The first-order valence-electron chi connectivity index (χ1n) is 5.31. The van der Waals surface area contributed by atoms with Crippen LogP contribution < -0.4 is 10.2 Å². The molecule has 0 saturated carbocycles. The zero-order valence-electron chi connectivity index (χ0n) is 8.69. The monoisotopic (exact) mass is 201 g/mol. The third-order valence-corrected chi connectivity index (χ3v) is 2.76. The van der Waals surface area contributed by atoms with Crippen LogP contribution in [0.3, 0.4) is 0 Å². The Balaban J connectivity index is 2.15. The summed E-state index contributed by atoms with van der Waals surface area (Å²) in [6.07, 6.45) is 0.585. The Hall–Kier alpha value is -1.53. The molecule has 1 aliphatic rings. The van der Waals surface area contributed by atoms with Crippen LogP contribution in [0.15, 0.2) is 30.3 Å². The van der Waals surface area contributed by atoms with Crippen LogP contribution in [0.4, 0.5) is 5.69 Å². The minimum atomic E-state index is 0.311. The molecule has 0 amide bonds. The number of piperazine rings is 1. The number of para-hydroxylation sites is 1. The van der Waals surface area contributed by atoms with Gasteiger partial charge in [-0.15, -0.1) is 0 Å². The Morgan fingerprint density at radius 1 is 1.40 bits per heavy atom. The van der Waals surface area contributed by atoms with Gasteiger partial charge in [0.25, 0.3) is 0 Å². The van der Waals surface area contributed by atoms with Crippen molar-refractivity contribution >= 4 is 5.69 Å². The molecule has 0 spiro atoms. The van der Waals surface area contributed by atoms with Crippen molar-refractivity contribution in [2.24, 2.45) is 0 Å². The maximum Gasteiger partial charge on any atom is 0.0643 e. The molecule has 1 aromatic carbocycles. The number of nitrogens with one attached hydrogen (secondary N) is 1. The molecule has 78 valence electrons. The molecule has 1 fully saturated rings. The highest BCUT2D eigenvalue weighted by Gasteiger charge is 2.21.